The van der Waals surface area contributed by atoms with Crippen LogP contribution < -0.4 is 14.2 Å². The molecule has 0 fully saturated rings. The highest BCUT2D eigenvalue weighted by Crippen LogP contribution is 2.42. The zero-order valence-corrected chi connectivity index (χ0v) is 17.4. The van der Waals surface area contributed by atoms with Gasteiger partial charge < -0.3 is 19.3 Å². The normalized spacial score (nSPS) is 19.0. The predicted molar refractivity (Wildman–Crippen MR) is 108 cm³/mol. The second-order valence-corrected chi connectivity index (χ2v) is 7.89. The Labute approximate surface area is 186 Å². The first kappa shape index (κ1) is 21.2. The Bertz CT molecular complexity index is 1280. The van der Waals surface area contributed by atoms with E-state index in [0.717, 1.165) is 6.42 Å². The third kappa shape index (κ3) is 3.74. The topological polar surface area (TPSA) is 89.5 Å². The summed E-state index contributed by atoms with van der Waals surface area (Å²) in [5.74, 6) is -0.973. The quantitative estimate of drug-likeness (QED) is 0.610. The average molecular weight is 457 g/mol. The summed E-state index contributed by atoms with van der Waals surface area (Å²) in [7, 11) is 0. The van der Waals surface area contributed by atoms with Crippen LogP contribution in [0.4, 0.5) is 13.2 Å². The molecule has 2 aliphatic rings. The molecule has 10 heteroatoms. The number of aliphatic hydroxyl groups excluding tert-OH is 1. The largest absolute Gasteiger partial charge is 0.586 e. The fourth-order valence-corrected chi connectivity index (χ4v) is 4.14. The van der Waals surface area contributed by atoms with Gasteiger partial charge >= 0.3 is 6.29 Å². The summed E-state index contributed by atoms with van der Waals surface area (Å²) >= 11 is 0. The monoisotopic (exact) mass is 457 g/mol. The Morgan fingerprint density at radius 1 is 1.24 bits per heavy atom. The highest BCUT2D eigenvalue weighted by atomic mass is 19.3. The van der Waals surface area contributed by atoms with Crippen LogP contribution in [0.2, 0.25) is 0 Å². The SMILES string of the molecule is C[C@H](Oc1cc(-n2nc(C#N)c3c2C(O)CCC3)ccc1F)c1ccc2c(c1)OC(F)(F)O2. The number of rotatable bonds is 4. The van der Waals surface area contributed by atoms with Crippen molar-refractivity contribution in [2.24, 2.45) is 0 Å². The molecular formula is C23H18F3N3O4. The maximum Gasteiger partial charge on any atom is 0.586 e. The predicted octanol–water partition coefficient (Wildman–Crippen LogP) is 4.71. The standard InChI is InChI=1S/C23H18F3N3O4/c1-12(13-5-8-19-21(9-13)33-23(25,26)32-19)31-20-10-14(6-7-16(20)24)29-22-15(17(11-27)28-29)3-2-4-18(22)30/h5-10,12,18,30H,2-4H2,1H3/t12-,18?/m0/s1. The first-order valence-corrected chi connectivity index (χ1v) is 10.3. The van der Waals surface area contributed by atoms with Gasteiger partial charge in [0.2, 0.25) is 0 Å². The lowest BCUT2D eigenvalue weighted by Gasteiger charge is -2.20. The molecule has 0 radical (unpaired) electrons. The number of ether oxygens (including phenoxy) is 3. The molecule has 33 heavy (non-hydrogen) atoms. The highest BCUT2D eigenvalue weighted by molar-refractivity contribution is 5.48. The first-order valence-electron chi connectivity index (χ1n) is 10.3. The number of alkyl halides is 2. The van der Waals surface area contributed by atoms with Crippen LogP contribution in [0.3, 0.4) is 0 Å². The number of hydrogen-bond donors (Lipinski definition) is 1. The second-order valence-electron chi connectivity index (χ2n) is 7.89. The number of fused-ring (bicyclic) bond motifs is 2. The number of benzene rings is 2. The molecule has 3 aromatic rings. The van der Waals surface area contributed by atoms with E-state index in [-0.39, 0.29) is 22.9 Å². The van der Waals surface area contributed by atoms with Crippen molar-refractivity contribution in [2.75, 3.05) is 0 Å². The number of nitrogens with zero attached hydrogens (tertiary/aromatic N) is 3. The van der Waals surface area contributed by atoms with Crippen LogP contribution in [-0.4, -0.2) is 21.2 Å². The van der Waals surface area contributed by atoms with E-state index < -0.39 is 24.3 Å². The van der Waals surface area contributed by atoms with Gasteiger partial charge in [0.1, 0.15) is 12.2 Å². The zero-order valence-electron chi connectivity index (χ0n) is 17.4. The lowest BCUT2D eigenvalue weighted by Crippen LogP contribution is -2.25. The minimum absolute atomic E-state index is 0.0977. The van der Waals surface area contributed by atoms with E-state index in [1.54, 1.807) is 6.92 Å². The number of aliphatic hydroxyl groups is 1. The summed E-state index contributed by atoms with van der Waals surface area (Å²) in [5, 5.41) is 24.2. The van der Waals surface area contributed by atoms with Crippen LogP contribution in [0.1, 0.15) is 54.5 Å². The van der Waals surface area contributed by atoms with Crippen molar-refractivity contribution in [1.82, 2.24) is 9.78 Å². The minimum atomic E-state index is -3.73. The summed E-state index contributed by atoms with van der Waals surface area (Å²) in [4.78, 5) is 0. The van der Waals surface area contributed by atoms with E-state index in [1.165, 1.54) is 41.1 Å². The molecule has 1 aliphatic carbocycles. The van der Waals surface area contributed by atoms with Crippen molar-refractivity contribution in [3.63, 3.8) is 0 Å². The van der Waals surface area contributed by atoms with Gasteiger partial charge in [-0.1, -0.05) is 6.07 Å². The smallest absolute Gasteiger partial charge is 0.483 e. The molecule has 1 N–H and O–H groups in total. The minimum Gasteiger partial charge on any atom is -0.483 e. The van der Waals surface area contributed by atoms with Crippen LogP contribution in [0.15, 0.2) is 36.4 Å². The molecule has 170 valence electrons. The molecule has 0 bridgehead atoms. The lowest BCUT2D eigenvalue weighted by atomic mass is 9.93. The number of hydrogen-bond acceptors (Lipinski definition) is 6. The molecular weight excluding hydrogens is 439 g/mol. The first-order chi connectivity index (χ1) is 15.8. The van der Waals surface area contributed by atoms with Crippen LogP contribution >= 0.6 is 0 Å². The highest BCUT2D eigenvalue weighted by Gasteiger charge is 2.43. The van der Waals surface area contributed by atoms with Gasteiger partial charge in [0.15, 0.2) is 28.8 Å². The summed E-state index contributed by atoms with van der Waals surface area (Å²) in [6, 6.07) is 10.4. The fourth-order valence-electron chi connectivity index (χ4n) is 4.14. The third-order valence-electron chi connectivity index (χ3n) is 5.71. The zero-order chi connectivity index (χ0) is 23.3. The van der Waals surface area contributed by atoms with Crippen LogP contribution in [0.5, 0.6) is 17.2 Å². The molecule has 1 unspecified atom stereocenters. The van der Waals surface area contributed by atoms with Gasteiger partial charge in [-0.05, 0) is 56.0 Å². The molecule has 0 saturated heterocycles. The Balaban J connectivity index is 1.45. The Hall–Kier alpha value is -3.71. The van der Waals surface area contributed by atoms with Gasteiger partial charge in [-0.2, -0.15) is 10.4 Å². The van der Waals surface area contributed by atoms with E-state index in [4.69, 9.17) is 4.74 Å². The molecule has 2 aromatic carbocycles. The van der Waals surface area contributed by atoms with E-state index in [1.807, 2.05) is 6.07 Å². The average Bonchev–Trinajstić information content (AvgIpc) is 3.31. The lowest BCUT2D eigenvalue weighted by molar-refractivity contribution is -0.286. The van der Waals surface area contributed by atoms with E-state index in [0.29, 0.717) is 35.3 Å². The van der Waals surface area contributed by atoms with Gasteiger partial charge in [-0.25, -0.2) is 9.07 Å². The Kier molecular flexibility index (Phi) is 4.94. The molecule has 1 aliphatic heterocycles. The Morgan fingerprint density at radius 3 is 2.82 bits per heavy atom. The molecule has 5 rings (SSSR count). The van der Waals surface area contributed by atoms with Crippen molar-refractivity contribution in [3.8, 4) is 29.0 Å². The maximum atomic E-state index is 14.6. The number of halogens is 3. The van der Waals surface area contributed by atoms with Crippen molar-refractivity contribution >= 4 is 0 Å². The molecule has 2 heterocycles. The van der Waals surface area contributed by atoms with Gasteiger partial charge in [-0.15, -0.1) is 8.78 Å². The van der Waals surface area contributed by atoms with Crippen LogP contribution in [0.25, 0.3) is 5.69 Å². The maximum absolute atomic E-state index is 14.6. The van der Waals surface area contributed by atoms with Gasteiger partial charge in [-0.3, -0.25) is 0 Å². The van der Waals surface area contributed by atoms with Crippen molar-refractivity contribution < 1.29 is 32.5 Å². The molecule has 7 nitrogen and oxygen atoms in total. The van der Waals surface area contributed by atoms with E-state index >= 15 is 0 Å². The van der Waals surface area contributed by atoms with E-state index in [9.17, 15) is 23.5 Å². The molecule has 2 atom stereocenters. The van der Waals surface area contributed by atoms with Gasteiger partial charge in [0.05, 0.1) is 17.5 Å². The fraction of sp³-hybridized carbons (Fsp3) is 0.304. The summed E-state index contributed by atoms with van der Waals surface area (Å²) in [5.41, 5.74) is 2.32. The van der Waals surface area contributed by atoms with Crippen LogP contribution in [-0.2, 0) is 6.42 Å². The second kappa shape index (κ2) is 7.71. The summed E-state index contributed by atoms with van der Waals surface area (Å²) < 4.78 is 57.2. The van der Waals surface area contributed by atoms with Gasteiger partial charge in [0, 0.05) is 11.6 Å². The number of nitriles is 1. The third-order valence-corrected chi connectivity index (χ3v) is 5.71. The molecule has 0 saturated carbocycles. The number of aromatic nitrogens is 2. The van der Waals surface area contributed by atoms with Crippen molar-refractivity contribution in [2.45, 2.75) is 44.7 Å². The Morgan fingerprint density at radius 2 is 2.03 bits per heavy atom. The molecule has 0 amide bonds. The molecule has 0 spiro atoms. The molecule has 1 aromatic heterocycles. The van der Waals surface area contributed by atoms with Gasteiger partial charge in [0.25, 0.3) is 0 Å². The van der Waals surface area contributed by atoms with E-state index in [2.05, 4.69) is 14.6 Å². The van der Waals surface area contributed by atoms with Crippen LogP contribution in [0, 0.1) is 17.1 Å². The van der Waals surface area contributed by atoms with Crippen molar-refractivity contribution in [3.05, 3.63) is 64.7 Å². The summed E-state index contributed by atoms with van der Waals surface area (Å²) in [6.07, 6.45) is -3.34. The summed E-state index contributed by atoms with van der Waals surface area (Å²) in [6.45, 7) is 1.63. The van der Waals surface area contributed by atoms with Crippen molar-refractivity contribution in [1.29, 1.82) is 5.26 Å².